The molecule has 0 amide bonds. The van der Waals surface area contributed by atoms with Crippen LogP contribution in [0.2, 0.25) is 0 Å². The normalized spacial score (nSPS) is 13.2. The average molecular weight is 316 g/mol. The SMILES string of the molecule is Cc1cc(C(O)c2ccc(SC(F)(F)F)cc2)ccc1F. The van der Waals surface area contributed by atoms with Crippen molar-refractivity contribution in [2.75, 3.05) is 0 Å². The average Bonchev–Trinajstić information content (AvgIpc) is 2.40. The highest BCUT2D eigenvalue weighted by Crippen LogP contribution is 2.37. The topological polar surface area (TPSA) is 20.2 Å². The first-order valence-corrected chi connectivity index (χ1v) is 6.88. The van der Waals surface area contributed by atoms with Crippen LogP contribution in [0, 0.1) is 12.7 Å². The number of aliphatic hydroxyl groups excluding tert-OH is 1. The van der Waals surface area contributed by atoms with Gasteiger partial charge in [0.05, 0.1) is 0 Å². The number of aliphatic hydroxyl groups is 1. The Labute approximate surface area is 123 Å². The lowest BCUT2D eigenvalue weighted by Crippen LogP contribution is -2.02. The summed E-state index contributed by atoms with van der Waals surface area (Å²) in [5.74, 6) is -0.372. The fourth-order valence-electron chi connectivity index (χ4n) is 1.88. The first-order valence-electron chi connectivity index (χ1n) is 6.06. The van der Waals surface area contributed by atoms with E-state index in [1.54, 1.807) is 6.92 Å². The van der Waals surface area contributed by atoms with E-state index >= 15 is 0 Å². The Morgan fingerprint density at radius 2 is 1.57 bits per heavy atom. The number of benzene rings is 2. The molecule has 0 radical (unpaired) electrons. The Morgan fingerprint density at radius 3 is 2.10 bits per heavy atom. The van der Waals surface area contributed by atoms with Crippen LogP contribution in [-0.2, 0) is 0 Å². The maximum Gasteiger partial charge on any atom is 0.446 e. The molecule has 0 bridgehead atoms. The summed E-state index contributed by atoms with van der Waals surface area (Å²) in [6.45, 7) is 1.58. The van der Waals surface area contributed by atoms with Gasteiger partial charge < -0.3 is 5.11 Å². The summed E-state index contributed by atoms with van der Waals surface area (Å²) in [5, 5.41) is 10.2. The lowest BCUT2D eigenvalue weighted by Gasteiger charge is -2.13. The van der Waals surface area contributed by atoms with Gasteiger partial charge in [0.2, 0.25) is 0 Å². The Bertz CT molecular complexity index is 623. The lowest BCUT2D eigenvalue weighted by atomic mass is 10.00. The molecule has 112 valence electrons. The highest BCUT2D eigenvalue weighted by molar-refractivity contribution is 8.00. The van der Waals surface area contributed by atoms with E-state index in [1.807, 2.05) is 0 Å². The summed E-state index contributed by atoms with van der Waals surface area (Å²) >= 11 is -0.210. The number of halogens is 4. The highest BCUT2D eigenvalue weighted by atomic mass is 32.2. The van der Waals surface area contributed by atoms with Gasteiger partial charge in [0.25, 0.3) is 0 Å². The molecule has 21 heavy (non-hydrogen) atoms. The van der Waals surface area contributed by atoms with Crippen molar-refractivity contribution in [2.24, 2.45) is 0 Å². The van der Waals surface area contributed by atoms with Crippen LogP contribution >= 0.6 is 11.8 Å². The van der Waals surface area contributed by atoms with E-state index in [1.165, 1.54) is 42.5 Å². The van der Waals surface area contributed by atoms with Crippen molar-refractivity contribution in [3.63, 3.8) is 0 Å². The summed E-state index contributed by atoms with van der Waals surface area (Å²) in [4.78, 5) is 0.0498. The predicted molar refractivity (Wildman–Crippen MR) is 73.6 cm³/mol. The minimum absolute atomic E-state index is 0.0498. The van der Waals surface area contributed by atoms with Gasteiger partial charge >= 0.3 is 5.51 Å². The third kappa shape index (κ3) is 4.22. The van der Waals surface area contributed by atoms with E-state index in [9.17, 15) is 22.7 Å². The molecule has 0 heterocycles. The molecule has 0 aliphatic heterocycles. The summed E-state index contributed by atoms with van der Waals surface area (Å²) < 4.78 is 49.9. The van der Waals surface area contributed by atoms with E-state index in [0.29, 0.717) is 16.7 Å². The van der Waals surface area contributed by atoms with Gasteiger partial charge in [0.1, 0.15) is 11.9 Å². The largest absolute Gasteiger partial charge is 0.446 e. The molecule has 0 saturated heterocycles. The molecule has 1 N–H and O–H groups in total. The van der Waals surface area contributed by atoms with Crippen LogP contribution in [0.25, 0.3) is 0 Å². The smallest absolute Gasteiger partial charge is 0.384 e. The van der Waals surface area contributed by atoms with Gasteiger partial charge in [-0.25, -0.2) is 4.39 Å². The molecular weight excluding hydrogens is 304 g/mol. The molecule has 1 nitrogen and oxygen atoms in total. The van der Waals surface area contributed by atoms with E-state index in [4.69, 9.17) is 0 Å². The fraction of sp³-hybridized carbons (Fsp3) is 0.200. The van der Waals surface area contributed by atoms with E-state index in [0.717, 1.165) is 0 Å². The number of hydrogen-bond donors (Lipinski definition) is 1. The number of thioether (sulfide) groups is 1. The van der Waals surface area contributed by atoms with Gasteiger partial charge in [0.15, 0.2) is 0 Å². The maximum atomic E-state index is 13.2. The first kappa shape index (κ1) is 15.9. The minimum atomic E-state index is -4.34. The Morgan fingerprint density at radius 1 is 1.00 bits per heavy atom. The van der Waals surface area contributed by atoms with Crippen LogP contribution < -0.4 is 0 Å². The lowest BCUT2D eigenvalue weighted by molar-refractivity contribution is -0.0328. The molecule has 2 aromatic rings. The van der Waals surface area contributed by atoms with E-state index in [2.05, 4.69) is 0 Å². The Balaban J connectivity index is 2.19. The quantitative estimate of drug-likeness (QED) is 0.646. The second kappa shape index (κ2) is 6.07. The van der Waals surface area contributed by atoms with Crippen LogP contribution in [0.5, 0.6) is 0 Å². The predicted octanol–water partition coefficient (Wildman–Crippen LogP) is 4.83. The third-order valence-corrected chi connectivity index (χ3v) is 3.67. The van der Waals surface area contributed by atoms with Crippen molar-refractivity contribution in [1.29, 1.82) is 0 Å². The molecular formula is C15H12F4OS. The molecule has 0 fully saturated rings. The van der Waals surface area contributed by atoms with Crippen molar-refractivity contribution in [3.8, 4) is 0 Å². The zero-order valence-corrected chi connectivity index (χ0v) is 11.8. The summed E-state index contributed by atoms with van der Waals surface area (Å²) in [5.41, 5.74) is -3.00. The van der Waals surface area contributed by atoms with Crippen LogP contribution in [0.3, 0.4) is 0 Å². The highest BCUT2D eigenvalue weighted by Gasteiger charge is 2.29. The van der Waals surface area contributed by atoms with Gasteiger partial charge in [-0.2, -0.15) is 13.2 Å². The summed E-state index contributed by atoms with van der Waals surface area (Å²) in [6.07, 6.45) is -1.01. The van der Waals surface area contributed by atoms with Gasteiger partial charge in [-0.05, 0) is 53.6 Å². The molecule has 0 aromatic heterocycles. The first-order chi connectivity index (χ1) is 9.76. The van der Waals surface area contributed by atoms with Gasteiger partial charge in [-0.3, -0.25) is 0 Å². The second-order valence-electron chi connectivity index (χ2n) is 4.53. The molecule has 1 atom stereocenters. The second-order valence-corrected chi connectivity index (χ2v) is 5.67. The third-order valence-electron chi connectivity index (χ3n) is 2.93. The molecule has 0 spiro atoms. The molecule has 6 heteroatoms. The number of hydrogen-bond acceptors (Lipinski definition) is 2. The van der Waals surface area contributed by atoms with Crippen molar-refractivity contribution < 1.29 is 22.7 Å². The zero-order chi connectivity index (χ0) is 15.6. The van der Waals surface area contributed by atoms with Crippen molar-refractivity contribution in [2.45, 2.75) is 23.4 Å². The molecule has 0 saturated carbocycles. The molecule has 1 unspecified atom stereocenters. The van der Waals surface area contributed by atoms with Gasteiger partial charge in [-0.1, -0.05) is 24.3 Å². The van der Waals surface area contributed by atoms with Crippen LogP contribution in [0.1, 0.15) is 22.8 Å². The van der Waals surface area contributed by atoms with Crippen molar-refractivity contribution in [1.82, 2.24) is 0 Å². The monoisotopic (exact) mass is 316 g/mol. The Hall–Kier alpha value is -1.53. The molecule has 2 aromatic carbocycles. The number of aryl methyl sites for hydroxylation is 1. The summed E-state index contributed by atoms with van der Waals surface area (Å²) in [6, 6.07) is 9.67. The van der Waals surface area contributed by atoms with Crippen LogP contribution in [0.15, 0.2) is 47.4 Å². The molecule has 0 aliphatic rings. The Kier molecular flexibility index (Phi) is 4.58. The zero-order valence-electron chi connectivity index (χ0n) is 11.0. The van der Waals surface area contributed by atoms with Gasteiger partial charge in [0, 0.05) is 4.90 Å². The maximum absolute atomic E-state index is 13.2. The van der Waals surface area contributed by atoms with Crippen molar-refractivity contribution in [3.05, 3.63) is 65.0 Å². The van der Waals surface area contributed by atoms with E-state index < -0.39 is 11.6 Å². The van der Waals surface area contributed by atoms with Crippen LogP contribution in [0.4, 0.5) is 17.6 Å². The fourth-order valence-corrected chi connectivity index (χ4v) is 2.42. The van der Waals surface area contributed by atoms with Crippen LogP contribution in [-0.4, -0.2) is 10.6 Å². The van der Waals surface area contributed by atoms with Gasteiger partial charge in [-0.15, -0.1) is 0 Å². The molecule has 0 aliphatic carbocycles. The van der Waals surface area contributed by atoms with Crippen molar-refractivity contribution >= 4 is 11.8 Å². The minimum Gasteiger partial charge on any atom is -0.384 e. The molecule has 2 rings (SSSR count). The number of rotatable bonds is 3. The number of alkyl halides is 3. The summed E-state index contributed by atoms with van der Waals surface area (Å²) in [7, 11) is 0. The van der Waals surface area contributed by atoms with E-state index in [-0.39, 0.29) is 22.5 Å². The standard InChI is InChI=1S/C15H12F4OS/c1-9-8-11(4-7-13(9)16)14(20)10-2-5-12(6-3-10)21-15(17,18)19/h2-8,14,20H,1H3.